The van der Waals surface area contributed by atoms with E-state index in [0.29, 0.717) is 11.5 Å². The normalized spacial score (nSPS) is 11.5. The predicted molar refractivity (Wildman–Crippen MR) is 86.3 cm³/mol. The first-order valence-corrected chi connectivity index (χ1v) is 8.08. The second-order valence-corrected chi connectivity index (χ2v) is 6.64. The van der Waals surface area contributed by atoms with Crippen LogP contribution in [0.25, 0.3) is 0 Å². The molecule has 0 saturated carbocycles. The van der Waals surface area contributed by atoms with Crippen molar-refractivity contribution in [3.63, 3.8) is 0 Å². The fourth-order valence-electron chi connectivity index (χ4n) is 2.19. The molecule has 6 nitrogen and oxygen atoms in total. The lowest BCUT2D eigenvalue weighted by Crippen LogP contribution is -2.35. The molecule has 0 unspecified atom stereocenters. The van der Waals surface area contributed by atoms with Gasteiger partial charge >= 0.3 is 0 Å². The van der Waals surface area contributed by atoms with Crippen LogP contribution in [0.1, 0.15) is 17.0 Å². The van der Waals surface area contributed by atoms with Gasteiger partial charge in [-0.05, 0) is 19.4 Å². The van der Waals surface area contributed by atoms with Gasteiger partial charge in [0.15, 0.2) is 5.76 Å². The molecule has 0 radical (unpaired) electrons. The fourth-order valence-corrected chi connectivity index (χ4v) is 3.92. The minimum absolute atomic E-state index is 0. The summed E-state index contributed by atoms with van der Waals surface area (Å²) in [6.45, 7) is 3.96. The van der Waals surface area contributed by atoms with Gasteiger partial charge in [0.05, 0.1) is 0 Å². The Morgan fingerprint density at radius 3 is 2.36 bits per heavy atom. The number of sulfonamides is 1. The van der Waals surface area contributed by atoms with E-state index in [1.165, 1.54) is 4.31 Å². The fraction of sp³-hybridized carbons (Fsp3) is 0.357. The molecular formula is C14H20ClN3O3S. The van der Waals surface area contributed by atoms with Crippen molar-refractivity contribution < 1.29 is 12.9 Å². The Kier molecular flexibility index (Phi) is 6.55. The van der Waals surface area contributed by atoms with Crippen LogP contribution in [0.2, 0.25) is 0 Å². The lowest BCUT2D eigenvalue weighted by Gasteiger charge is -2.21. The van der Waals surface area contributed by atoms with Crippen LogP contribution in [0.5, 0.6) is 0 Å². The molecule has 2 rings (SSSR count). The van der Waals surface area contributed by atoms with Gasteiger partial charge in [-0.15, -0.1) is 12.4 Å². The van der Waals surface area contributed by atoms with Crippen molar-refractivity contribution in [1.29, 1.82) is 0 Å². The van der Waals surface area contributed by atoms with Crippen LogP contribution in [-0.4, -0.2) is 31.0 Å². The van der Waals surface area contributed by atoms with E-state index >= 15 is 0 Å². The van der Waals surface area contributed by atoms with Crippen LogP contribution in [-0.2, 0) is 16.6 Å². The van der Waals surface area contributed by atoms with Crippen LogP contribution < -0.4 is 5.73 Å². The van der Waals surface area contributed by atoms with E-state index in [9.17, 15) is 8.42 Å². The SMILES string of the molecule is Cc1noc(C)c1S(=O)(=O)N(CCN)Cc1ccccc1.Cl. The summed E-state index contributed by atoms with van der Waals surface area (Å²) in [5.74, 6) is 0.294. The van der Waals surface area contributed by atoms with E-state index in [1.54, 1.807) is 13.8 Å². The summed E-state index contributed by atoms with van der Waals surface area (Å²) in [5, 5.41) is 3.72. The molecule has 0 aliphatic heterocycles. The summed E-state index contributed by atoms with van der Waals surface area (Å²) in [7, 11) is -3.68. The van der Waals surface area contributed by atoms with Crippen LogP contribution in [0.4, 0.5) is 0 Å². The van der Waals surface area contributed by atoms with Gasteiger partial charge < -0.3 is 10.3 Å². The van der Waals surface area contributed by atoms with Crippen molar-refractivity contribution in [2.24, 2.45) is 5.73 Å². The Labute approximate surface area is 136 Å². The van der Waals surface area contributed by atoms with Gasteiger partial charge in [-0.25, -0.2) is 8.42 Å². The number of aryl methyl sites for hydroxylation is 2. The maximum atomic E-state index is 12.8. The van der Waals surface area contributed by atoms with E-state index in [1.807, 2.05) is 30.3 Å². The maximum absolute atomic E-state index is 12.8. The molecule has 2 aromatic rings. The van der Waals surface area contributed by atoms with Crippen molar-refractivity contribution >= 4 is 22.4 Å². The Hall–Kier alpha value is -1.41. The molecule has 22 heavy (non-hydrogen) atoms. The zero-order valence-corrected chi connectivity index (χ0v) is 14.2. The monoisotopic (exact) mass is 345 g/mol. The molecule has 0 amide bonds. The summed E-state index contributed by atoms with van der Waals surface area (Å²) in [5.41, 5.74) is 6.83. The first-order valence-electron chi connectivity index (χ1n) is 6.64. The number of aromatic nitrogens is 1. The van der Waals surface area contributed by atoms with E-state index in [-0.39, 0.29) is 36.9 Å². The third-order valence-corrected chi connectivity index (χ3v) is 5.24. The minimum atomic E-state index is -3.68. The molecular weight excluding hydrogens is 326 g/mol. The molecule has 0 aliphatic rings. The Morgan fingerprint density at radius 2 is 1.86 bits per heavy atom. The highest BCUT2D eigenvalue weighted by Gasteiger charge is 2.30. The van der Waals surface area contributed by atoms with Gasteiger partial charge in [0, 0.05) is 19.6 Å². The van der Waals surface area contributed by atoms with Crippen LogP contribution in [0.3, 0.4) is 0 Å². The first-order chi connectivity index (χ1) is 9.96. The number of halogens is 1. The van der Waals surface area contributed by atoms with Gasteiger partial charge in [-0.2, -0.15) is 4.31 Å². The molecule has 2 N–H and O–H groups in total. The van der Waals surface area contributed by atoms with Crippen LogP contribution in [0, 0.1) is 13.8 Å². The summed E-state index contributed by atoms with van der Waals surface area (Å²) in [4.78, 5) is 0.131. The number of hydrogen-bond donors (Lipinski definition) is 1. The molecule has 0 aliphatic carbocycles. The average molecular weight is 346 g/mol. The molecule has 1 aromatic heterocycles. The Balaban J connectivity index is 0.00000242. The largest absolute Gasteiger partial charge is 0.360 e. The first kappa shape index (κ1) is 18.6. The lowest BCUT2D eigenvalue weighted by atomic mass is 10.2. The Bertz CT molecular complexity index is 682. The summed E-state index contributed by atoms with van der Waals surface area (Å²) in [6.07, 6.45) is 0. The van der Waals surface area contributed by atoms with Crippen molar-refractivity contribution in [2.45, 2.75) is 25.3 Å². The smallest absolute Gasteiger partial charge is 0.248 e. The van der Waals surface area contributed by atoms with Crippen molar-refractivity contribution in [3.8, 4) is 0 Å². The molecule has 8 heteroatoms. The standard InChI is InChI=1S/C14H19N3O3S.ClH/c1-11-14(12(2)20-16-11)21(18,19)17(9-8-15)10-13-6-4-3-5-7-13;/h3-7H,8-10,15H2,1-2H3;1H. The van der Waals surface area contributed by atoms with E-state index in [0.717, 1.165) is 5.56 Å². The molecule has 1 aromatic carbocycles. The highest BCUT2D eigenvalue weighted by atomic mass is 35.5. The third-order valence-electron chi connectivity index (χ3n) is 3.15. The van der Waals surface area contributed by atoms with Crippen molar-refractivity contribution in [3.05, 3.63) is 47.3 Å². The van der Waals surface area contributed by atoms with Crippen LogP contribution >= 0.6 is 12.4 Å². The van der Waals surface area contributed by atoms with Crippen LogP contribution in [0.15, 0.2) is 39.8 Å². The number of nitrogens with zero attached hydrogens (tertiary/aromatic N) is 2. The summed E-state index contributed by atoms with van der Waals surface area (Å²) >= 11 is 0. The second-order valence-electron chi connectivity index (χ2n) is 4.77. The van der Waals surface area contributed by atoms with E-state index < -0.39 is 10.0 Å². The van der Waals surface area contributed by atoms with Gasteiger partial charge in [0.25, 0.3) is 0 Å². The lowest BCUT2D eigenvalue weighted by molar-refractivity contribution is 0.387. The number of benzene rings is 1. The molecule has 0 saturated heterocycles. The van der Waals surface area contributed by atoms with Gasteiger partial charge in [0.1, 0.15) is 10.6 Å². The quantitative estimate of drug-likeness (QED) is 0.863. The van der Waals surface area contributed by atoms with Gasteiger partial charge in [0.2, 0.25) is 10.0 Å². The van der Waals surface area contributed by atoms with Crippen molar-refractivity contribution in [2.75, 3.05) is 13.1 Å². The average Bonchev–Trinajstić information content (AvgIpc) is 2.79. The van der Waals surface area contributed by atoms with E-state index in [4.69, 9.17) is 10.3 Å². The van der Waals surface area contributed by atoms with Gasteiger partial charge in [-0.1, -0.05) is 35.5 Å². The summed E-state index contributed by atoms with van der Waals surface area (Å²) < 4.78 is 31.9. The zero-order chi connectivity index (χ0) is 15.5. The zero-order valence-electron chi connectivity index (χ0n) is 12.5. The molecule has 0 fully saturated rings. The molecule has 0 spiro atoms. The van der Waals surface area contributed by atoms with Gasteiger partial charge in [-0.3, -0.25) is 0 Å². The number of hydrogen-bond acceptors (Lipinski definition) is 5. The van der Waals surface area contributed by atoms with E-state index in [2.05, 4.69) is 5.16 Å². The summed E-state index contributed by atoms with van der Waals surface area (Å²) in [6, 6.07) is 9.40. The van der Waals surface area contributed by atoms with Crippen molar-refractivity contribution in [1.82, 2.24) is 9.46 Å². The Morgan fingerprint density at radius 1 is 1.23 bits per heavy atom. The maximum Gasteiger partial charge on any atom is 0.248 e. The predicted octanol–water partition coefficient (Wildman–Crippen LogP) is 1.86. The third kappa shape index (κ3) is 3.86. The number of nitrogens with two attached hydrogens (primary N) is 1. The second kappa shape index (κ2) is 7.73. The highest BCUT2D eigenvalue weighted by molar-refractivity contribution is 7.89. The number of rotatable bonds is 6. The molecule has 1 heterocycles. The molecule has 0 atom stereocenters. The molecule has 122 valence electrons. The molecule has 0 bridgehead atoms. The topological polar surface area (TPSA) is 89.4 Å². The minimum Gasteiger partial charge on any atom is -0.360 e. The highest BCUT2D eigenvalue weighted by Crippen LogP contribution is 2.24.